The van der Waals surface area contributed by atoms with Gasteiger partial charge in [-0.15, -0.1) is 0 Å². The summed E-state index contributed by atoms with van der Waals surface area (Å²) in [5, 5.41) is 1.36. The Bertz CT molecular complexity index is 913. The maximum atomic E-state index is 13.2. The Morgan fingerprint density at radius 1 is 1.00 bits per heavy atom. The first kappa shape index (κ1) is 20.2. The highest BCUT2D eigenvalue weighted by Crippen LogP contribution is 2.41. The maximum absolute atomic E-state index is 13.2. The number of piperidine rings is 1. The van der Waals surface area contributed by atoms with Crippen molar-refractivity contribution in [3.8, 4) is 0 Å². The van der Waals surface area contributed by atoms with E-state index in [0.29, 0.717) is 0 Å². The molecule has 1 aromatic heterocycles. The SMILES string of the molecule is CCn1c2c(c3cc(C(=O)N4CCC(C)CC4)ccc31)CC(C1CCCCC1)CC2. The van der Waals surface area contributed by atoms with Gasteiger partial charge in [-0.2, -0.15) is 0 Å². The van der Waals surface area contributed by atoms with E-state index in [9.17, 15) is 4.79 Å². The third-order valence-electron chi connectivity index (χ3n) is 8.46. The van der Waals surface area contributed by atoms with E-state index in [-0.39, 0.29) is 5.91 Å². The average molecular weight is 407 g/mol. The van der Waals surface area contributed by atoms with Crippen LogP contribution < -0.4 is 0 Å². The summed E-state index contributed by atoms with van der Waals surface area (Å²) in [5.41, 5.74) is 5.36. The van der Waals surface area contributed by atoms with Crippen LogP contribution in [0, 0.1) is 17.8 Å². The molecule has 0 spiro atoms. The zero-order valence-corrected chi connectivity index (χ0v) is 19.0. The number of likely N-dealkylation sites (tertiary alicyclic amines) is 1. The Labute approximate surface area is 181 Å². The standard InChI is InChI=1S/C27H38N2O/c1-3-29-25-11-9-21(20-7-5-4-6-8-20)17-23(25)24-18-22(10-12-26(24)29)27(30)28-15-13-19(2)14-16-28/h10,12,18-21H,3-9,11,13-17H2,1-2H3. The van der Waals surface area contributed by atoms with Crippen LogP contribution in [0.4, 0.5) is 0 Å². The average Bonchev–Trinajstić information content (AvgIpc) is 3.12. The Balaban J connectivity index is 1.47. The molecule has 3 nitrogen and oxygen atoms in total. The number of amides is 1. The lowest BCUT2D eigenvalue weighted by Crippen LogP contribution is -2.37. The van der Waals surface area contributed by atoms with Gasteiger partial charge in [0.25, 0.3) is 5.91 Å². The van der Waals surface area contributed by atoms with Gasteiger partial charge in [0.2, 0.25) is 0 Å². The van der Waals surface area contributed by atoms with Crippen LogP contribution in [0.3, 0.4) is 0 Å². The van der Waals surface area contributed by atoms with Gasteiger partial charge >= 0.3 is 0 Å². The van der Waals surface area contributed by atoms with E-state index in [1.54, 1.807) is 11.3 Å². The van der Waals surface area contributed by atoms with Crippen molar-refractivity contribution in [1.29, 1.82) is 0 Å². The highest BCUT2D eigenvalue weighted by atomic mass is 16.2. The Kier molecular flexibility index (Phi) is 5.64. The number of aryl methyl sites for hydroxylation is 1. The van der Waals surface area contributed by atoms with Gasteiger partial charge in [-0.1, -0.05) is 39.0 Å². The minimum absolute atomic E-state index is 0.237. The zero-order valence-electron chi connectivity index (χ0n) is 19.0. The summed E-state index contributed by atoms with van der Waals surface area (Å²) in [4.78, 5) is 15.3. The van der Waals surface area contributed by atoms with Crippen LogP contribution in [-0.2, 0) is 19.4 Å². The van der Waals surface area contributed by atoms with Gasteiger partial charge in [-0.3, -0.25) is 4.79 Å². The van der Waals surface area contributed by atoms with Crippen molar-refractivity contribution in [2.45, 2.75) is 84.6 Å². The first-order chi connectivity index (χ1) is 14.7. The zero-order chi connectivity index (χ0) is 20.7. The van der Waals surface area contributed by atoms with E-state index in [1.165, 1.54) is 62.3 Å². The second-order valence-corrected chi connectivity index (χ2v) is 10.3. The van der Waals surface area contributed by atoms with Crippen molar-refractivity contribution >= 4 is 16.8 Å². The number of hydrogen-bond donors (Lipinski definition) is 0. The number of fused-ring (bicyclic) bond motifs is 3. The predicted molar refractivity (Wildman–Crippen MR) is 124 cm³/mol. The fraction of sp³-hybridized carbons (Fsp3) is 0.667. The molecule has 162 valence electrons. The molecule has 1 aliphatic heterocycles. The molecule has 2 fully saturated rings. The second-order valence-electron chi connectivity index (χ2n) is 10.3. The number of aromatic nitrogens is 1. The Morgan fingerprint density at radius 2 is 1.77 bits per heavy atom. The Morgan fingerprint density at radius 3 is 2.50 bits per heavy atom. The quantitative estimate of drug-likeness (QED) is 0.594. The van der Waals surface area contributed by atoms with Crippen LogP contribution in [-0.4, -0.2) is 28.5 Å². The molecule has 2 heterocycles. The summed E-state index contributed by atoms with van der Waals surface area (Å²) in [6.07, 6.45) is 13.2. The van der Waals surface area contributed by atoms with Crippen LogP contribution >= 0.6 is 0 Å². The maximum Gasteiger partial charge on any atom is 0.253 e. The lowest BCUT2D eigenvalue weighted by atomic mass is 9.72. The van der Waals surface area contributed by atoms with E-state index in [4.69, 9.17) is 0 Å². The largest absolute Gasteiger partial charge is 0.345 e. The van der Waals surface area contributed by atoms with E-state index >= 15 is 0 Å². The molecule has 2 aliphatic carbocycles. The van der Waals surface area contributed by atoms with Crippen molar-refractivity contribution in [3.63, 3.8) is 0 Å². The van der Waals surface area contributed by atoms with Crippen molar-refractivity contribution in [3.05, 3.63) is 35.0 Å². The number of nitrogens with zero attached hydrogens (tertiary/aromatic N) is 2. The number of rotatable bonds is 3. The summed E-state index contributed by atoms with van der Waals surface area (Å²) in [6, 6.07) is 6.55. The van der Waals surface area contributed by atoms with Crippen molar-refractivity contribution in [1.82, 2.24) is 9.47 Å². The van der Waals surface area contributed by atoms with Crippen LogP contribution in [0.15, 0.2) is 18.2 Å². The minimum atomic E-state index is 0.237. The van der Waals surface area contributed by atoms with E-state index in [1.807, 2.05) is 0 Å². The number of carbonyl (C=O) groups excluding carboxylic acids is 1. The van der Waals surface area contributed by atoms with Gasteiger partial charge in [-0.25, -0.2) is 0 Å². The highest BCUT2D eigenvalue weighted by molar-refractivity contribution is 5.99. The van der Waals surface area contributed by atoms with Crippen molar-refractivity contribution < 1.29 is 4.79 Å². The van der Waals surface area contributed by atoms with Crippen LogP contribution in [0.5, 0.6) is 0 Å². The van der Waals surface area contributed by atoms with E-state index < -0.39 is 0 Å². The second kappa shape index (κ2) is 8.40. The first-order valence-electron chi connectivity index (χ1n) is 12.6. The molecule has 2 aromatic rings. The summed E-state index contributed by atoms with van der Waals surface area (Å²) < 4.78 is 2.53. The molecule has 0 N–H and O–H groups in total. The van der Waals surface area contributed by atoms with E-state index in [2.05, 4.69) is 41.5 Å². The van der Waals surface area contributed by atoms with Gasteiger partial charge in [0, 0.05) is 41.8 Å². The molecule has 0 bridgehead atoms. The van der Waals surface area contributed by atoms with Gasteiger partial charge in [0.1, 0.15) is 0 Å². The molecule has 3 heteroatoms. The van der Waals surface area contributed by atoms with Crippen LogP contribution in [0.25, 0.3) is 10.9 Å². The van der Waals surface area contributed by atoms with Gasteiger partial charge in [-0.05, 0) is 80.5 Å². The van der Waals surface area contributed by atoms with Crippen molar-refractivity contribution in [2.24, 2.45) is 17.8 Å². The summed E-state index contributed by atoms with van der Waals surface area (Å²) in [7, 11) is 0. The van der Waals surface area contributed by atoms with Gasteiger partial charge in [0.05, 0.1) is 0 Å². The minimum Gasteiger partial charge on any atom is -0.345 e. The first-order valence-corrected chi connectivity index (χ1v) is 12.6. The fourth-order valence-corrected chi connectivity index (χ4v) is 6.57. The van der Waals surface area contributed by atoms with Crippen LogP contribution in [0.2, 0.25) is 0 Å². The van der Waals surface area contributed by atoms with Crippen molar-refractivity contribution in [2.75, 3.05) is 13.1 Å². The number of hydrogen-bond acceptors (Lipinski definition) is 1. The molecule has 1 unspecified atom stereocenters. The Hall–Kier alpha value is -1.77. The molecule has 30 heavy (non-hydrogen) atoms. The molecule has 1 aromatic carbocycles. The fourth-order valence-electron chi connectivity index (χ4n) is 6.57. The predicted octanol–water partition coefficient (Wildman–Crippen LogP) is 6.22. The molecular weight excluding hydrogens is 368 g/mol. The number of benzene rings is 1. The molecule has 0 radical (unpaired) electrons. The number of carbonyl (C=O) groups is 1. The van der Waals surface area contributed by atoms with Crippen LogP contribution in [0.1, 0.15) is 86.8 Å². The smallest absolute Gasteiger partial charge is 0.253 e. The van der Waals surface area contributed by atoms with E-state index in [0.717, 1.165) is 55.8 Å². The normalized spacial score (nSPS) is 23.7. The monoisotopic (exact) mass is 406 g/mol. The lowest BCUT2D eigenvalue weighted by Gasteiger charge is -2.33. The van der Waals surface area contributed by atoms with Gasteiger partial charge in [0.15, 0.2) is 0 Å². The summed E-state index contributed by atoms with van der Waals surface area (Å²) in [5.74, 6) is 2.75. The topological polar surface area (TPSA) is 25.2 Å². The third kappa shape index (κ3) is 3.59. The molecule has 3 aliphatic rings. The van der Waals surface area contributed by atoms with Gasteiger partial charge < -0.3 is 9.47 Å². The summed E-state index contributed by atoms with van der Waals surface area (Å²) in [6.45, 7) is 7.42. The molecule has 1 saturated heterocycles. The lowest BCUT2D eigenvalue weighted by molar-refractivity contribution is 0.0697. The molecule has 1 amide bonds. The third-order valence-corrected chi connectivity index (χ3v) is 8.46. The molecule has 5 rings (SSSR count). The molecular formula is C27H38N2O. The highest BCUT2D eigenvalue weighted by Gasteiger charge is 2.31. The molecule has 1 saturated carbocycles. The summed E-state index contributed by atoms with van der Waals surface area (Å²) >= 11 is 0. The molecule has 1 atom stereocenters.